The van der Waals surface area contributed by atoms with Gasteiger partial charge < -0.3 is 0 Å². The largest absolute Gasteiger partial charge is 0.227 e. The highest BCUT2D eigenvalue weighted by molar-refractivity contribution is 7.98. The van der Waals surface area contributed by atoms with E-state index in [1.807, 2.05) is 6.26 Å². The lowest BCUT2D eigenvalue weighted by molar-refractivity contribution is 0.581. The Hall–Kier alpha value is -0.570. The molecule has 0 atom stereocenters. The Labute approximate surface area is 57.3 Å². The molecule has 48 valence electrons. The second-order valence-electron chi connectivity index (χ2n) is 1.52. The molecule has 0 spiro atoms. The van der Waals surface area contributed by atoms with Crippen LogP contribution in [-0.4, -0.2) is 11.2 Å². The third-order valence-corrected chi connectivity index (χ3v) is 1.65. The Kier molecular flexibility index (Phi) is 2.05. The van der Waals surface area contributed by atoms with E-state index in [0.717, 1.165) is 4.90 Å². The van der Waals surface area contributed by atoms with Crippen LogP contribution in [0.4, 0.5) is 4.39 Å². The van der Waals surface area contributed by atoms with Crippen LogP contribution < -0.4 is 0 Å². The minimum absolute atomic E-state index is 0.423. The van der Waals surface area contributed by atoms with Crippen LogP contribution in [0, 0.1) is 5.95 Å². The molecule has 1 aromatic heterocycles. The molecular weight excluding hydrogens is 137 g/mol. The number of nitrogens with zero attached hydrogens (tertiary/aromatic N) is 1. The highest BCUT2D eigenvalue weighted by Gasteiger charge is 1.89. The van der Waals surface area contributed by atoms with Crippen LogP contribution in [0.3, 0.4) is 0 Å². The van der Waals surface area contributed by atoms with Crippen molar-refractivity contribution in [3.8, 4) is 0 Å². The molecule has 0 bridgehead atoms. The topological polar surface area (TPSA) is 12.9 Å². The number of hydrogen-bond acceptors (Lipinski definition) is 2. The molecule has 0 N–H and O–H groups in total. The lowest BCUT2D eigenvalue weighted by Crippen LogP contribution is -1.79. The number of thioether (sulfide) groups is 1. The van der Waals surface area contributed by atoms with E-state index in [4.69, 9.17) is 0 Å². The van der Waals surface area contributed by atoms with Gasteiger partial charge in [0.25, 0.3) is 0 Å². The average molecular weight is 143 g/mol. The highest BCUT2D eigenvalue weighted by Crippen LogP contribution is 2.11. The third kappa shape index (κ3) is 1.68. The fourth-order valence-electron chi connectivity index (χ4n) is 0.483. The molecule has 0 aliphatic rings. The molecule has 3 heteroatoms. The quantitative estimate of drug-likeness (QED) is 0.440. The minimum atomic E-state index is -0.423. The Bertz CT molecular complexity index is 185. The van der Waals surface area contributed by atoms with Gasteiger partial charge in [-0.3, -0.25) is 0 Å². The molecule has 0 aliphatic carbocycles. The summed E-state index contributed by atoms with van der Waals surface area (Å²) in [7, 11) is 0. The van der Waals surface area contributed by atoms with Crippen LogP contribution in [0.5, 0.6) is 0 Å². The zero-order chi connectivity index (χ0) is 6.69. The molecule has 0 saturated carbocycles. The van der Waals surface area contributed by atoms with E-state index in [1.54, 1.807) is 17.8 Å². The molecule has 1 nitrogen and oxygen atoms in total. The van der Waals surface area contributed by atoms with Gasteiger partial charge in [0, 0.05) is 11.1 Å². The zero-order valence-corrected chi connectivity index (χ0v) is 5.78. The number of hydrogen-bond donors (Lipinski definition) is 0. The maximum absolute atomic E-state index is 12.1. The summed E-state index contributed by atoms with van der Waals surface area (Å²) >= 11 is 1.55. The molecule has 0 amide bonds. The predicted molar refractivity (Wildman–Crippen MR) is 36.0 cm³/mol. The average Bonchev–Trinajstić information content (AvgIpc) is 1.90. The summed E-state index contributed by atoms with van der Waals surface area (Å²) in [6.45, 7) is 0. The summed E-state index contributed by atoms with van der Waals surface area (Å²) in [6, 6.07) is 3.05. The van der Waals surface area contributed by atoms with Gasteiger partial charge in [0.1, 0.15) is 0 Å². The Morgan fingerprint density at radius 3 is 2.78 bits per heavy atom. The van der Waals surface area contributed by atoms with Crippen molar-refractivity contribution in [1.29, 1.82) is 0 Å². The first kappa shape index (κ1) is 6.55. The molecule has 0 unspecified atom stereocenters. The number of aromatic nitrogens is 1. The van der Waals surface area contributed by atoms with E-state index in [0.29, 0.717) is 0 Å². The number of halogens is 1. The molecule has 0 saturated heterocycles. The van der Waals surface area contributed by atoms with Crippen molar-refractivity contribution in [2.45, 2.75) is 4.90 Å². The summed E-state index contributed by atoms with van der Waals surface area (Å²) < 4.78 is 12.1. The molecule has 0 radical (unpaired) electrons. The fraction of sp³-hybridized carbons (Fsp3) is 0.167. The SMILES string of the molecule is CSc1ccc(F)nc1. The molecule has 1 heterocycles. The van der Waals surface area contributed by atoms with Crippen LogP contribution >= 0.6 is 11.8 Å². The standard InChI is InChI=1S/C6H6FNS/c1-9-5-2-3-6(7)8-4-5/h2-4H,1H3. The molecule has 0 aromatic carbocycles. The van der Waals surface area contributed by atoms with Gasteiger partial charge in [0.15, 0.2) is 0 Å². The van der Waals surface area contributed by atoms with Gasteiger partial charge >= 0.3 is 0 Å². The van der Waals surface area contributed by atoms with Crippen molar-refractivity contribution >= 4 is 11.8 Å². The van der Waals surface area contributed by atoms with Crippen LogP contribution in [-0.2, 0) is 0 Å². The first-order valence-corrected chi connectivity index (χ1v) is 3.71. The van der Waals surface area contributed by atoms with Gasteiger partial charge in [-0.1, -0.05) is 0 Å². The maximum atomic E-state index is 12.1. The maximum Gasteiger partial charge on any atom is 0.212 e. The molecule has 1 rings (SSSR count). The summed E-state index contributed by atoms with van der Waals surface area (Å²) in [6.07, 6.45) is 3.44. The normalized spacial score (nSPS) is 9.56. The van der Waals surface area contributed by atoms with Gasteiger partial charge in [0.05, 0.1) is 0 Å². The van der Waals surface area contributed by atoms with Crippen LogP contribution in [0.1, 0.15) is 0 Å². The van der Waals surface area contributed by atoms with Gasteiger partial charge in [-0.15, -0.1) is 11.8 Å². The Morgan fingerprint density at radius 2 is 2.33 bits per heavy atom. The van der Waals surface area contributed by atoms with Crippen molar-refractivity contribution in [2.75, 3.05) is 6.26 Å². The van der Waals surface area contributed by atoms with Crippen molar-refractivity contribution in [3.05, 3.63) is 24.3 Å². The van der Waals surface area contributed by atoms with Gasteiger partial charge in [-0.2, -0.15) is 4.39 Å². The summed E-state index contributed by atoms with van der Waals surface area (Å²) in [5.74, 6) is -0.423. The second-order valence-corrected chi connectivity index (χ2v) is 2.40. The van der Waals surface area contributed by atoms with Crippen molar-refractivity contribution < 1.29 is 4.39 Å². The number of rotatable bonds is 1. The lowest BCUT2D eigenvalue weighted by Gasteiger charge is -1.90. The summed E-state index contributed by atoms with van der Waals surface area (Å²) in [5.41, 5.74) is 0. The van der Waals surface area contributed by atoms with E-state index >= 15 is 0 Å². The first-order valence-electron chi connectivity index (χ1n) is 2.48. The van der Waals surface area contributed by atoms with Crippen LogP contribution in [0.2, 0.25) is 0 Å². The monoisotopic (exact) mass is 143 g/mol. The second kappa shape index (κ2) is 2.82. The van der Waals surface area contributed by atoms with E-state index in [9.17, 15) is 4.39 Å². The molecular formula is C6H6FNS. The Balaban J connectivity index is 2.88. The fourth-order valence-corrected chi connectivity index (χ4v) is 0.845. The summed E-state index contributed by atoms with van der Waals surface area (Å²) in [4.78, 5) is 4.45. The van der Waals surface area contributed by atoms with E-state index in [-0.39, 0.29) is 0 Å². The zero-order valence-electron chi connectivity index (χ0n) is 4.97. The summed E-state index contributed by atoms with van der Waals surface area (Å²) in [5, 5.41) is 0. The molecule has 1 aromatic rings. The Morgan fingerprint density at radius 1 is 1.56 bits per heavy atom. The van der Waals surface area contributed by atoms with Crippen LogP contribution in [0.25, 0.3) is 0 Å². The van der Waals surface area contributed by atoms with Gasteiger partial charge in [-0.05, 0) is 18.4 Å². The molecule has 0 fully saturated rings. The third-order valence-electron chi connectivity index (χ3n) is 0.936. The lowest BCUT2D eigenvalue weighted by atomic mass is 10.5. The van der Waals surface area contributed by atoms with Crippen molar-refractivity contribution in [3.63, 3.8) is 0 Å². The van der Waals surface area contributed by atoms with Gasteiger partial charge in [-0.25, -0.2) is 4.98 Å². The van der Waals surface area contributed by atoms with E-state index in [2.05, 4.69) is 4.98 Å². The predicted octanol–water partition coefficient (Wildman–Crippen LogP) is 1.94. The van der Waals surface area contributed by atoms with Crippen molar-refractivity contribution in [2.24, 2.45) is 0 Å². The first-order chi connectivity index (χ1) is 4.33. The number of pyridine rings is 1. The van der Waals surface area contributed by atoms with Crippen LogP contribution in [0.15, 0.2) is 23.2 Å². The van der Waals surface area contributed by atoms with Crippen molar-refractivity contribution in [1.82, 2.24) is 4.98 Å². The smallest absolute Gasteiger partial charge is 0.212 e. The van der Waals surface area contributed by atoms with E-state index in [1.165, 1.54) is 12.3 Å². The van der Waals surface area contributed by atoms with Gasteiger partial charge in [0.2, 0.25) is 5.95 Å². The molecule has 0 aliphatic heterocycles. The van der Waals surface area contributed by atoms with E-state index < -0.39 is 5.95 Å². The molecule has 9 heavy (non-hydrogen) atoms. The highest BCUT2D eigenvalue weighted by atomic mass is 32.2. The minimum Gasteiger partial charge on any atom is -0.227 e.